The summed E-state index contributed by atoms with van der Waals surface area (Å²) in [5.74, 6) is 0.349. The fourth-order valence-electron chi connectivity index (χ4n) is 1.73. The second-order valence-corrected chi connectivity index (χ2v) is 4.88. The zero-order chi connectivity index (χ0) is 18.0. The standard InChI is InChI=1S/C15H21F3N4O2/c1-19-14(20-8-9-24-12-6-4-3-5-7-12)21-10-13(23)22(2)11-15(16,17)18/h3-7H,8-11H2,1-2H3,(H2,19,20,21). The molecular weight excluding hydrogens is 325 g/mol. The van der Waals surface area contributed by atoms with Gasteiger partial charge in [0.15, 0.2) is 5.96 Å². The number of hydrogen-bond donors (Lipinski definition) is 2. The molecule has 6 nitrogen and oxygen atoms in total. The van der Waals surface area contributed by atoms with Crippen LogP contribution in [0, 0.1) is 0 Å². The van der Waals surface area contributed by atoms with Gasteiger partial charge in [-0.25, -0.2) is 0 Å². The van der Waals surface area contributed by atoms with E-state index in [0.717, 1.165) is 12.8 Å². The molecule has 1 aromatic carbocycles. The van der Waals surface area contributed by atoms with E-state index in [1.54, 1.807) is 0 Å². The van der Waals surface area contributed by atoms with E-state index >= 15 is 0 Å². The molecule has 24 heavy (non-hydrogen) atoms. The van der Waals surface area contributed by atoms with Gasteiger partial charge in [0, 0.05) is 14.1 Å². The summed E-state index contributed by atoms with van der Waals surface area (Å²) in [5, 5.41) is 5.56. The van der Waals surface area contributed by atoms with Gasteiger partial charge in [-0.1, -0.05) is 18.2 Å². The highest BCUT2D eigenvalue weighted by molar-refractivity contribution is 5.86. The highest BCUT2D eigenvalue weighted by Crippen LogP contribution is 2.15. The largest absolute Gasteiger partial charge is 0.492 e. The molecule has 0 saturated carbocycles. The van der Waals surface area contributed by atoms with Gasteiger partial charge in [0.1, 0.15) is 18.9 Å². The fraction of sp³-hybridized carbons (Fsp3) is 0.467. The lowest BCUT2D eigenvalue weighted by Crippen LogP contribution is -2.46. The van der Waals surface area contributed by atoms with Crippen LogP contribution >= 0.6 is 0 Å². The van der Waals surface area contributed by atoms with Crippen molar-refractivity contribution >= 4 is 11.9 Å². The van der Waals surface area contributed by atoms with E-state index in [0.29, 0.717) is 24.0 Å². The molecule has 0 aliphatic heterocycles. The van der Waals surface area contributed by atoms with Crippen molar-refractivity contribution < 1.29 is 22.7 Å². The third-order valence-corrected chi connectivity index (χ3v) is 2.88. The molecule has 1 aromatic rings. The SMILES string of the molecule is CN=C(NCCOc1ccccc1)NCC(=O)N(C)CC(F)(F)F. The summed E-state index contributed by atoms with van der Waals surface area (Å²) < 4.78 is 42.1. The minimum absolute atomic E-state index is 0.286. The Labute approximate surface area is 138 Å². The van der Waals surface area contributed by atoms with Crippen LogP contribution in [0.4, 0.5) is 13.2 Å². The molecule has 0 unspecified atom stereocenters. The van der Waals surface area contributed by atoms with Gasteiger partial charge in [0.25, 0.3) is 0 Å². The smallest absolute Gasteiger partial charge is 0.406 e. The fourth-order valence-corrected chi connectivity index (χ4v) is 1.73. The van der Waals surface area contributed by atoms with Crippen LogP contribution in [0.2, 0.25) is 0 Å². The molecule has 0 fully saturated rings. The highest BCUT2D eigenvalue weighted by atomic mass is 19.4. The van der Waals surface area contributed by atoms with Crippen molar-refractivity contribution in [2.75, 3.05) is 40.3 Å². The lowest BCUT2D eigenvalue weighted by Gasteiger charge is -2.20. The number of aliphatic imine (C=N–C) groups is 1. The van der Waals surface area contributed by atoms with E-state index in [1.165, 1.54) is 7.05 Å². The van der Waals surface area contributed by atoms with E-state index in [-0.39, 0.29) is 6.54 Å². The quantitative estimate of drug-likeness (QED) is 0.443. The summed E-state index contributed by atoms with van der Waals surface area (Å²) in [7, 11) is 2.60. The highest BCUT2D eigenvalue weighted by Gasteiger charge is 2.31. The van der Waals surface area contributed by atoms with Crippen molar-refractivity contribution in [3.63, 3.8) is 0 Å². The number of nitrogens with one attached hydrogen (secondary N) is 2. The van der Waals surface area contributed by atoms with Crippen molar-refractivity contribution in [3.8, 4) is 5.75 Å². The van der Waals surface area contributed by atoms with Crippen molar-refractivity contribution in [1.82, 2.24) is 15.5 Å². The Kier molecular flexibility index (Phi) is 7.87. The number of rotatable bonds is 7. The van der Waals surface area contributed by atoms with Crippen LogP contribution < -0.4 is 15.4 Å². The maximum atomic E-state index is 12.2. The molecule has 0 heterocycles. The van der Waals surface area contributed by atoms with Gasteiger partial charge in [-0.05, 0) is 12.1 Å². The summed E-state index contributed by atoms with van der Waals surface area (Å²) in [6.45, 7) is -0.788. The van der Waals surface area contributed by atoms with Crippen molar-refractivity contribution in [1.29, 1.82) is 0 Å². The Morgan fingerprint density at radius 2 is 1.92 bits per heavy atom. The number of likely N-dealkylation sites (N-methyl/N-ethyl adjacent to an activating group) is 1. The first-order chi connectivity index (χ1) is 11.3. The van der Waals surface area contributed by atoms with Gasteiger partial charge < -0.3 is 20.3 Å². The minimum atomic E-state index is -4.42. The molecule has 0 saturated heterocycles. The maximum absolute atomic E-state index is 12.2. The second-order valence-electron chi connectivity index (χ2n) is 4.88. The molecule has 0 aliphatic carbocycles. The molecule has 1 amide bonds. The van der Waals surface area contributed by atoms with Gasteiger partial charge >= 0.3 is 6.18 Å². The molecule has 0 atom stereocenters. The van der Waals surface area contributed by atoms with E-state index in [2.05, 4.69) is 15.6 Å². The van der Waals surface area contributed by atoms with Crippen LogP contribution in [0.15, 0.2) is 35.3 Å². The number of nitrogens with zero attached hydrogens (tertiary/aromatic N) is 2. The van der Waals surface area contributed by atoms with Crippen LogP contribution in [0.3, 0.4) is 0 Å². The average Bonchev–Trinajstić information content (AvgIpc) is 2.53. The predicted molar refractivity (Wildman–Crippen MR) is 85.0 cm³/mol. The number of carbonyl (C=O) groups is 1. The molecule has 134 valence electrons. The predicted octanol–water partition coefficient (Wildman–Crippen LogP) is 1.25. The average molecular weight is 346 g/mol. The van der Waals surface area contributed by atoms with Crippen LogP contribution in [0.5, 0.6) is 5.75 Å². The first kappa shape index (κ1) is 19.6. The van der Waals surface area contributed by atoms with E-state index < -0.39 is 18.6 Å². The number of hydrogen-bond acceptors (Lipinski definition) is 3. The monoisotopic (exact) mass is 346 g/mol. The molecule has 0 radical (unpaired) electrons. The summed E-state index contributed by atoms with van der Waals surface area (Å²) in [6, 6.07) is 9.23. The van der Waals surface area contributed by atoms with Crippen molar-refractivity contribution in [2.24, 2.45) is 4.99 Å². The van der Waals surface area contributed by atoms with E-state index in [9.17, 15) is 18.0 Å². The lowest BCUT2D eigenvalue weighted by molar-refractivity contribution is -0.157. The van der Waals surface area contributed by atoms with E-state index in [4.69, 9.17) is 4.74 Å². The third kappa shape index (κ3) is 8.25. The van der Waals surface area contributed by atoms with Crippen molar-refractivity contribution in [3.05, 3.63) is 30.3 Å². The third-order valence-electron chi connectivity index (χ3n) is 2.88. The van der Waals surface area contributed by atoms with E-state index in [1.807, 2.05) is 30.3 Å². The topological polar surface area (TPSA) is 66.0 Å². The zero-order valence-corrected chi connectivity index (χ0v) is 13.6. The van der Waals surface area contributed by atoms with Gasteiger partial charge in [-0.2, -0.15) is 13.2 Å². The molecular formula is C15H21F3N4O2. The summed E-state index contributed by atoms with van der Waals surface area (Å²) in [4.78, 5) is 16.1. The van der Waals surface area contributed by atoms with Gasteiger partial charge in [-0.3, -0.25) is 9.79 Å². The second kappa shape index (κ2) is 9.64. The number of alkyl halides is 3. The first-order valence-corrected chi connectivity index (χ1v) is 7.25. The number of ether oxygens (including phenoxy) is 1. The van der Waals surface area contributed by atoms with Crippen LogP contribution in [0.25, 0.3) is 0 Å². The summed E-state index contributed by atoms with van der Waals surface area (Å²) >= 11 is 0. The van der Waals surface area contributed by atoms with Gasteiger partial charge in [0.2, 0.25) is 5.91 Å². The number of benzene rings is 1. The molecule has 0 bridgehead atoms. The number of guanidine groups is 1. The normalized spacial score (nSPS) is 11.8. The molecule has 1 rings (SSSR count). The Morgan fingerprint density at radius 1 is 1.25 bits per heavy atom. The molecule has 0 aliphatic rings. The van der Waals surface area contributed by atoms with Gasteiger partial charge in [-0.15, -0.1) is 0 Å². The van der Waals surface area contributed by atoms with Crippen LogP contribution in [-0.4, -0.2) is 63.3 Å². The number of para-hydroxylation sites is 1. The van der Waals surface area contributed by atoms with Crippen molar-refractivity contribution in [2.45, 2.75) is 6.18 Å². The number of halogens is 3. The molecule has 0 spiro atoms. The zero-order valence-electron chi connectivity index (χ0n) is 13.6. The lowest BCUT2D eigenvalue weighted by atomic mass is 10.3. The molecule has 9 heteroatoms. The van der Waals surface area contributed by atoms with Crippen LogP contribution in [0.1, 0.15) is 0 Å². The minimum Gasteiger partial charge on any atom is -0.492 e. The molecule has 0 aromatic heterocycles. The Balaban J connectivity index is 2.26. The number of carbonyl (C=O) groups excluding carboxylic acids is 1. The van der Waals surface area contributed by atoms with Gasteiger partial charge in [0.05, 0.1) is 13.1 Å². The Bertz CT molecular complexity index is 535. The Hall–Kier alpha value is -2.45. The van der Waals surface area contributed by atoms with Crippen LogP contribution in [-0.2, 0) is 4.79 Å². The number of amides is 1. The Morgan fingerprint density at radius 3 is 2.50 bits per heavy atom. The molecule has 2 N–H and O–H groups in total. The first-order valence-electron chi connectivity index (χ1n) is 7.25. The maximum Gasteiger partial charge on any atom is 0.406 e. The summed E-state index contributed by atoms with van der Waals surface area (Å²) in [5.41, 5.74) is 0. The summed E-state index contributed by atoms with van der Waals surface area (Å²) in [6.07, 6.45) is -4.42.